The second kappa shape index (κ2) is 10.4. The van der Waals surface area contributed by atoms with Crippen LogP contribution in [-0.4, -0.2) is 27.4 Å². The Hall–Kier alpha value is -3.19. The molecule has 5 nitrogen and oxygen atoms in total. The molecule has 0 aliphatic rings. The average molecular weight is 455 g/mol. The van der Waals surface area contributed by atoms with Crippen molar-refractivity contribution in [2.75, 3.05) is 17.4 Å². The number of anilines is 1. The van der Waals surface area contributed by atoms with Crippen molar-refractivity contribution >= 4 is 21.6 Å². The number of rotatable bonds is 9. The van der Waals surface area contributed by atoms with E-state index in [4.69, 9.17) is 0 Å². The fourth-order valence-electron chi connectivity index (χ4n) is 3.37. The Kier molecular flexibility index (Phi) is 7.64. The number of para-hydroxylation sites is 1. The normalized spacial score (nSPS) is 11.2. The van der Waals surface area contributed by atoms with Crippen LogP contribution in [0.2, 0.25) is 0 Å². The molecule has 0 aliphatic carbocycles. The zero-order valence-corrected chi connectivity index (χ0v) is 19.0. The van der Waals surface area contributed by atoms with Crippen molar-refractivity contribution in [2.24, 2.45) is 0 Å². The summed E-state index contributed by atoms with van der Waals surface area (Å²) in [7, 11) is -3.95. The minimum absolute atomic E-state index is 0.133. The quantitative estimate of drug-likeness (QED) is 0.526. The molecule has 3 aromatic carbocycles. The van der Waals surface area contributed by atoms with Crippen molar-refractivity contribution in [1.29, 1.82) is 0 Å². The largest absolute Gasteiger partial charge is 0.354 e. The fourth-order valence-corrected chi connectivity index (χ4v) is 4.83. The molecule has 1 amide bonds. The van der Waals surface area contributed by atoms with Crippen LogP contribution in [0.5, 0.6) is 0 Å². The summed E-state index contributed by atoms with van der Waals surface area (Å²) in [6.07, 6.45) is 1.14. The summed E-state index contributed by atoms with van der Waals surface area (Å²) in [5.74, 6) is -0.724. The van der Waals surface area contributed by atoms with Crippen LogP contribution in [0, 0.1) is 12.7 Å². The molecular formula is C25H27FN2O3S. The first kappa shape index (κ1) is 23.5. The van der Waals surface area contributed by atoms with E-state index < -0.39 is 15.9 Å². The van der Waals surface area contributed by atoms with Gasteiger partial charge in [-0.15, -0.1) is 0 Å². The molecule has 3 aromatic rings. The summed E-state index contributed by atoms with van der Waals surface area (Å²) in [4.78, 5) is 12.9. The lowest BCUT2D eigenvalue weighted by Crippen LogP contribution is -2.41. The van der Waals surface area contributed by atoms with Gasteiger partial charge in [0.1, 0.15) is 12.4 Å². The van der Waals surface area contributed by atoms with Crippen molar-refractivity contribution < 1.29 is 17.6 Å². The predicted molar refractivity (Wildman–Crippen MR) is 125 cm³/mol. The van der Waals surface area contributed by atoms with Gasteiger partial charge in [-0.1, -0.05) is 55.0 Å². The van der Waals surface area contributed by atoms with Crippen LogP contribution in [0.1, 0.15) is 23.6 Å². The Morgan fingerprint density at radius 3 is 2.28 bits per heavy atom. The fraction of sp³-hybridized carbons (Fsp3) is 0.240. The third-order valence-corrected chi connectivity index (χ3v) is 6.96. The molecule has 7 heteroatoms. The Bertz CT molecular complexity index is 1160. The van der Waals surface area contributed by atoms with Crippen LogP contribution >= 0.6 is 0 Å². The molecule has 0 heterocycles. The standard InChI is InChI=1S/C25H27FN2O3S/c1-3-21-6-4-5-7-24(21)28(32(30,31)23-14-8-19(2)9-15-23)18-25(29)27-17-16-20-10-12-22(26)13-11-20/h4-15H,3,16-18H2,1-2H3,(H,27,29). The lowest BCUT2D eigenvalue weighted by molar-refractivity contribution is -0.119. The van der Waals surface area contributed by atoms with E-state index in [1.165, 1.54) is 16.4 Å². The van der Waals surface area contributed by atoms with Crippen molar-refractivity contribution in [2.45, 2.75) is 31.6 Å². The summed E-state index contributed by atoms with van der Waals surface area (Å²) >= 11 is 0. The molecule has 32 heavy (non-hydrogen) atoms. The van der Waals surface area contributed by atoms with E-state index >= 15 is 0 Å². The van der Waals surface area contributed by atoms with E-state index in [9.17, 15) is 17.6 Å². The van der Waals surface area contributed by atoms with Crippen LogP contribution in [0.3, 0.4) is 0 Å². The van der Waals surface area contributed by atoms with Crippen molar-refractivity contribution in [3.63, 3.8) is 0 Å². The second-order valence-electron chi connectivity index (χ2n) is 7.53. The summed E-state index contributed by atoms with van der Waals surface area (Å²) in [6.45, 7) is 3.81. The maximum Gasteiger partial charge on any atom is 0.264 e. The van der Waals surface area contributed by atoms with Crippen LogP contribution in [0.15, 0.2) is 77.7 Å². The van der Waals surface area contributed by atoms with E-state index in [0.29, 0.717) is 25.1 Å². The van der Waals surface area contributed by atoms with E-state index in [-0.39, 0.29) is 17.3 Å². The first-order chi connectivity index (χ1) is 15.3. The molecule has 0 aromatic heterocycles. The van der Waals surface area contributed by atoms with Crippen molar-refractivity contribution in [3.8, 4) is 0 Å². The maximum atomic E-state index is 13.5. The van der Waals surface area contributed by atoms with E-state index in [2.05, 4.69) is 5.32 Å². The molecule has 3 rings (SSSR count). The first-order valence-electron chi connectivity index (χ1n) is 10.5. The van der Waals surface area contributed by atoms with Crippen molar-refractivity contribution in [1.82, 2.24) is 5.32 Å². The van der Waals surface area contributed by atoms with Gasteiger partial charge in [0.15, 0.2) is 0 Å². The number of carbonyl (C=O) groups excluding carboxylic acids is 1. The van der Waals surface area contributed by atoms with E-state index in [0.717, 1.165) is 16.7 Å². The number of aryl methyl sites for hydroxylation is 2. The summed E-state index contributed by atoms with van der Waals surface area (Å²) in [5.41, 5.74) is 3.15. The molecule has 0 bridgehead atoms. The highest BCUT2D eigenvalue weighted by Crippen LogP contribution is 2.27. The summed E-state index contributed by atoms with van der Waals surface area (Å²) in [5, 5.41) is 2.78. The average Bonchev–Trinajstić information content (AvgIpc) is 2.79. The molecule has 0 fully saturated rings. The minimum atomic E-state index is -3.95. The van der Waals surface area contributed by atoms with Gasteiger partial charge < -0.3 is 5.32 Å². The highest BCUT2D eigenvalue weighted by Gasteiger charge is 2.28. The summed E-state index contributed by atoms with van der Waals surface area (Å²) in [6, 6.07) is 19.8. The molecule has 0 spiro atoms. The van der Waals surface area contributed by atoms with Crippen LogP contribution in [0.25, 0.3) is 0 Å². The Balaban J connectivity index is 1.81. The van der Waals surface area contributed by atoms with Gasteiger partial charge in [0.25, 0.3) is 10.0 Å². The van der Waals surface area contributed by atoms with Gasteiger partial charge in [-0.2, -0.15) is 0 Å². The highest BCUT2D eigenvalue weighted by molar-refractivity contribution is 7.92. The summed E-state index contributed by atoms with van der Waals surface area (Å²) < 4.78 is 41.2. The van der Waals surface area contributed by atoms with Gasteiger partial charge in [0.05, 0.1) is 10.6 Å². The Morgan fingerprint density at radius 1 is 0.969 bits per heavy atom. The Morgan fingerprint density at radius 2 is 1.62 bits per heavy atom. The number of halogens is 1. The van der Waals surface area contributed by atoms with Gasteiger partial charge in [-0.3, -0.25) is 9.10 Å². The van der Waals surface area contributed by atoms with Crippen LogP contribution in [0.4, 0.5) is 10.1 Å². The van der Waals surface area contributed by atoms with Crippen molar-refractivity contribution in [3.05, 3.63) is 95.3 Å². The molecular weight excluding hydrogens is 427 g/mol. The number of benzene rings is 3. The van der Waals surface area contributed by atoms with E-state index in [1.54, 1.807) is 48.5 Å². The van der Waals surface area contributed by atoms with Crippen LogP contribution < -0.4 is 9.62 Å². The monoisotopic (exact) mass is 454 g/mol. The number of carbonyl (C=O) groups is 1. The SMILES string of the molecule is CCc1ccccc1N(CC(=O)NCCc1ccc(F)cc1)S(=O)(=O)c1ccc(C)cc1. The molecule has 0 radical (unpaired) electrons. The van der Waals surface area contributed by atoms with E-state index in [1.807, 2.05) is 26.0 Å². The molecule has 0 saturated heterocycles. The lowest BCUT2D eigenvalue weighted by atomic mass is 10.1. The lowest BCUT2D eigenvalue weighted by Gasteiger charge is -2.26. The molecule has 1 N–H and O–H groups in total. The smallest absolute Gasteiger partial charge is 0.264 e. The van der Waals surface area contributed by atoms with Gasteiger partial charge in [-0.05, 0) is 61.2 Å². The Labute approximate surface area is 188 Å². The molecule has 0 saturated carbocycles. The van der Waals surface area contributed by atoms with Crippen LogP contribution in [-0.2, 0) is 27.7 Å². The second-order valence-corrected chi connectivity index (χ2v) is 9.40. The molecule has 0 atom stereocenters. The topological polar surface area (TPSA) is 66.5 Å². The molecule has 168 valence electrons. The first-order valence-corrected chi connectivity index (χ1v) is 11.9. The third kappa shape index (κ3) is 5.73. The number of nitrogens with one attached hydrogen (secondary N) is 1. The van der Waals surface area contributed by atoms with Gasteiger partial charge in [-0.25, -0.2) is 12.8 Å². The van der Waals surface area contributed by atoms with Gasteiger partial charge >= 0.3 is 0 Å². The third-order valence-electron chi connectivity index (χ3n) is 5.19. The highest BCUT2D eigenvalue weighted by atomic mass is 32.2. The number of hydrogen-bond donors (Lipinski definition) is 1. The number of amides is 1. The number of sulfonamides is 1. The zero-order valence-electron chi connectivity index (χ0n) is 18.2. The predicted octanol–water partition coefficient (Wildman–Crippen LogP) is 4.25. The number of hydrogen-bond acceptors (Lipinski definition) is 3. The zero-order chi connectivity index (χ0) is 23.1. The van der Waals surface area contributed by atoms with Gasteiger partial charge in [0.2, 0.25) is 5.91 Å². The molecule has 0 aliphatic heterocycles. The maximum absolute atomic E-state index is 13.5. The minimum Gasteiger partial charge on any atom is -0.354 e. The van der Waals surface area contributed by atoms with Gasteiger partial charge in [0, 0.05) is 6.54 Å². The number of nitrogens with zero attached hydrogens (tertiary/aromatic N) is 1. The molecule has 0 unspecified atom stereocenters.